The molecule has 158 valence electrons. The van der Waals surface area contributed by atoms with Crippen molar-refractivity contribution in [2.75, 3.05) is 13.2 Å². The molecule has 28 heavy (non-hydrogen) atoms. The third-order valence-corrected chi connectivity index (χ3v) is 6.94. The first-order valence-electron chi connectivity index (χ1n) is 12.1. The van der Waals surface area contributed by atoms with Gasteiger partial charge in [0.05, 0.1) is 19.3 Å². The maximum absolute atomic E-state index is 6.10. The first-order chi connectivity index (χ1) is 13.8. The summed E-state index contributed by atoms with van der Waals surface area (Å²) in [6.45, 7) is 5.98. The second-order valence-corrected chi connectivity index (χ2v) is 9.15. The Hall–Kier alpha value is -0.860. The van der Waals surface area contributed by atoms with Crippen molar-refractivity contribution in [1.82, 2.24) is 0 Å². The molecule has 1 saturated carbocycles. The molecule has 1 aromatic rings. The molecule has 0 N–H and O–H groups in total. The lowest BCUT2D eigenvalue weighted by atomic mass is 9.77. The van der Waals surface area contributed by atoms with E-state index in [2.05, 4.69) is 38.1 Å². The van der Waals surface area contributed by atoms with Gasteiger partial charge < -0.3 is 9.47 Å². The number of hydrogen-bond donors (Lipinski definition) is 0. The highest BCUT2D eigenvalue weighted by Gasteiger charge is 2.25. The number of ether oxygens (including phenoxy) is 2. The zero-order valence-electron chi connectivity index (χ0n) is 18.3. The largest absolute Gasteiger partial charge is 0.373 e. The third-order valence-electron chi connectivity index (χ3n) is 6.94. The van der Waals surface area contributed by atoms with Crippen LogP contribution in [0.2, 0.25) is 0 Å². The van der Waals surface area contributed by atoms with Crippen molar-refractivity contribution in [1.29, 1.82) is 0 Å². The Morgan fingerprint density at radius 3 is 2.07 bits per heavy atom. The summed E-state index contributed by atoms with van der Waals surface area (Å²) in [5.74, 6) is 1.75. The summed E-state index contributed by atoms with van der Waals surface area (Å²) in [6.07, 6.45) is 16.7. The van der Waals surface area contributed by atoms with Crippen molar-refractivity contribution < 1.29 is 9.47 Å². The Kier molecular flexibility index (Phi) is 9.34. The maximum atomic E-state index is 6.10. The standard InChI is InChI=1S/C26H42O2/c1-3-5-7-8-9-21-11-13-22(14-12-21)23-15-17-24(18-16-23)26-20-27-25(19-28-26)10-6-4-2/h15-18,21-22,25-26H,3-14,19-20H2,1-2H3/t21-,22-,25-,26-/m0/s1. The van der Waals surface area contributed by atoms with Crippen molar-refractivity contribution >= 4 is 0 Å². The van der Waals surface area contributed by atoms with Crippen molar-refractivity contribution in [3.8, 4) is 0 Å². The van der Waals surface area contributed by atoms with Gasteiger partial charge in [-0.1, -0.05) is 83.1 Å². The van der Waals surface area contributed by atoms with E-state index in [0.717, 1.165) is 24.9 Å². The minimum atomic E-state index is 0.116. The summed E-state index contributed by atoms with van der Waals surface area (Å²) in [4.78, 5) is 0. The number of hydrogen-bond acceptors (Lipinski definition) is 2. The van der Waals surface area contributed by atoms with Crippen molar-refractivity contribution in [3.05, 3.63) is 35.4 Å². The number of unbranched alkanes of at least 4 members (excludes halogenated alkanes) is 4. The highest BCUT2D eigenvalue weighted by atomic mass is 16.6. The van der Waals surface area contributed by atoms with Crippen molar-refractivity contribution in [3.63, 3.8) is 0 Å². The van der Waals surface area contributed by atoms with E-state index in [4.69, 9.17) is 9.47 Å². The summed E-state index contributed by atoms with van der Waals surface area (Å²) in [6, 6.07) is 9.28. The van der Waals surface area contributed by atoms with Crippen LogP contribution in [0.5, 0.6) is 0 Å². The Morgan fingerprint density at radius 1 is 0.714 bits per heavy atom. The molecular formula is C26H42O2. The van der Waals surface area contributed by atoms with Gasteiger partial charge in [-0.25, -0.2) is 0 Å². The van der Waals surface area contributed by atoms with E-state index in [9.17, 15) is 0 Å². The van der Waals surface area contributed by atoms with Crippen LogP contribution in [-0.2, 0) is 9.47 Å². The van der Waals surface area contributed by atoms with Crippen LogP contribution in [0.1, 0.15) is 114 Å². The van der Waals surface area contributed by atoms with Gasteiger partial charge in [-0.05, 0) is 55.1 Å². The minimum absolute atomic E-state index is 0.116. The summed E-state index contributed by atoms with van der Waals surface area (Å²) < 4.78 is 12.1. The SMILES string of the molecule is CCCCCC[C@H]1CC[C@H](c2ccc([C@@H]3CO[C@@H](CCCC)CO3)cc2)CC1. The molecule has 0 spiro atoms. The Bertz CT molecular complexity index is 522. The lowest BCUT2D eigenvalue weighted by Gasteiger charge is -2.31. The van der Waals surface area contributed by atoms with Crippen molar-refractivity contribution in [2.24, 2.45) is 5.92 Å². The second kappa shape index (κ2) is 12.0. The zero-order chi connectivity index (χ0) is 19.6. The zero-order valence-corrected chi connectivity index (χ0v) is 18.3. The van der Waals surface area contributed by atoms with Gasteiger partial charge in [-0.15, -0.1) is 0 Å². The van der Waals surface area contributed by atoms with Crippen LogP contribution in [-0.4, -0.2) is 19.3 Å². The molecule has 2 fully saturated rings. The Labute approximate surface area is 173 Å². The molecule has 1 aliphatic heterocycles. The highest BCUT2D eigenvalue weighted by molar-refractivity contribution is 5.27. The fourth-order valence-corrected chi connectivity index (χ4v) is 4.96. The molecule has 0 bridgehead atoms. The molecule has 0 radical (unpaired) electrons. The highest BCUT2D eigenvalue weighted by Crippen LogP contribution is 2.38. The van der Waals surface area contributed by atoms with E-state index in [1.165, 1.54) is 81.8 Å². The second-order valence-electron chi connectivity index (χ2n) is 9.15. The fraction of sp³-hybridized carbons (Fsp3) is 0.769. The molecule has 0 unspecified atom stereocenters. The quantitative estimate of drug-likeness (QED) is 0.386. The van der Waals surface area contributed by atoms with Gasteiger partial charge in [0.15, 0.2) is 0 Å². The van der Waals surface area contributed by atoms with E-state index in [-0.39, 0.29) is 6.10 Å². The average Bonchev–Trinajstić information content (AvgIpc) is 2.76. The van der Waals surface area contributed by atoms with E-state index in [0.29, 0.717) is 12.7 Å². The molecule has 2 atom stereocenters. The normalized spacial score (nSPS) is 28.4. The van der Waals surface area contributed by atoms with Crippen LogP contribution >= 0.6 is 0 Å². The van der Waals surface area contributed by atoms with E-state index < -0.39 is 0 Å². The molecule has 1 saturated heterocycles. The first kappa shape index (κ1) is 21.8. The summed E-state index contributed by atoms with van der Waals surface area (Å²) in [7, 11) is 0. The van der Waals surface area contributed by atoms with Crippen LogP contribution in [0.15, 0.2) is 24.3 Å². The molecule has 0 amide bonds. The van der Waals surface area contributed by atoms with E-state index in [1.807, 2.05) is 0 Å². The van der Waals surface area contributed by atoms with Gasteiger partial charge in [0.1, 0.15) is 6.10 Å². The third kappa shape index (κ3) is 6.59. The average molecular weight is 387 g/mol. The molecule has 2 nitrogen and oxygen atoms in total. The Balaban J connectivity index is 1.40. The van der Waals surface area contributed by atoms with Gasteiger partial charge in [-0.2, -0.15) is 0 Å². The summed E-state index contributed by atoms with van der Waals surface area (Å²) in [5, 5.41) is 0. The van der Waals surface area contributed by atoms with Crippen LogP contribution in [0.3, 0.4) is 0 Å². The topological polar surface area (TPSA) is 18.5 Å². The molecule has 0 aromatic heterocycles. The predicted octanol–water partition coefficient (Wildman–Crippen LogP) is 7.58. The molecule has 1 aliphatic carbocycles. The fourth-order valence-electron chi connectivity index (χ4n) is 4.96. The number of rotatable bonds is 10. The molecule has 1 heterocycles. The molecule has 3 rings (SSSR count). The predicted molar refractivity (Wildman–Crippen MR) is 118 cm³/mol. The Morgan fingerprint density at radius 2 is 1.43 bits per heavy atom. The smallest absolute Gasteiger partial charge is 0.106 e. The van der Waals surface area contributed by atoms with E-state index >= 15 is 0 Å². The van der Waals surface area contributed by atoms with Crippen LogP contribution in [0, 0.1) is 5.92 Å². The lowest BCUT2D eigenvalue weighted by Crippen LogP contribution is -2.31. The van der Waals surface area contributed by atoms with Gasteiger partial charge >= 0.3 is 0 Å². The van der Waals surface area contributed by atoms with Crippen LogP contribution < -0.4 is 0 Å². The van der Waals surface area contributed by atoms with Crippen LogP contribution in [0.4, 0.5) is 0 Å². The molecule has 2 aliphatic rings. The minimum Gasteiger partial charge on any atom is -0.373 e. The first-order valence-corrected chi connectivity index (χ1v) is 12.1. The van der Waals surface area contributed by atoms with Gasteiger partial charge in [0.2, 0.25) is 0 Å². The molecule has 2 heteroatoms. The van der Waals surface area contributed by atoms with Gasteiger partial charge in [-0.3, -0.25) is 0 Å². The van der Waals surface area contributed by atoms with Gasteiger partial charge in [0, 0.05) is 0 Å². The molecule has 1 aromatic carbocycles. The lowest BCUT2D eigenvalue weighted by molar-refractivity contribution is -0.137. The van der Waals surface area contributed by atoms with Gasteiger partial charge in [0.25, 0.3) is 0 Å². The van der Waals surface area contributed by atoms with Crippen LogP contribution in [0.25, 0.3) is 0 Å². The monoisotopic (exact) mass is 386 g/mol. The maximum Gasteiger partial charge on any atom is 0.106 e. The van der Waals surface area contributed by atoms with E-state index in [1.54, 1.807) is 0 Å². The summed E-state index contributed by atoms with van der Waals surface area (Å²) in [5.41, 5.74) is 2.81. The molecular weight excluding hydrogens is 344 g/mol. The number of benzene rings is 1. The summed E-state index contributed by atoms with van der Waals surface area (Å²) >= 11 is 0. The van der Waals surface area contributed by atoms with Crippen molar-refractivity contribution in [2.45, 2.75) is 109 Å².